The molecule has 1 N–H and O–H groups in total. The summed E-state index contributed by atoms with van der Waals surface area (Å²) in [6, 6.07) is 6.61. The van der Waals surface area contributed by atoms with Crippen LogP contribution >= 0.6 is 11.3 Å². The number of amides is 5. The predicted molar refractivity (Wildman–Crippen MR) is 131 cm³/mol. The Morgan fingerprint density at radius 2 is 1.78 bits per heavy atom. The monoisotopic (exact) mass is 504 g/mol. The molecule has 0 atom stereocenters. The van der Waals surface area contributed by atoms with Gasteiger partial charge < -0.3 is 0 Å². The van der Waals surface area contributed by atoms with Gasteiger partial charge in [-0.15, -0.1) is 11.3 Å². The van der Waals surface area contributed by atoms with E-state index < -0.39 is 23.8 Å². The minimum absolute atomic E-state index is 0.0124. The van der Waals surface area contributed by atoms with E-state index in [0.29, 0.717) is 12.5 Å². The van der Waals surface area contributed by atoms with Crippen LogP contribution in [-0.4, -0.2) is 68.3 Å². The molecular weight excluding hydrogens is 480 g/mol. The number of nitrogens with one attached hydrogen (secondary N) is 1. The molecule has 2 aromatic heterocycles. The second-order valence-electron chi connectivity index (χ2n) is 9.37. The second-order valence-corrected chi connectivity index (χ2v) is 10.3. The average molecular weight is 505 g/mol. The van der Waals surface area contributed by atoms with Gasteiger partial charge in [-0.1, -0.05) is 6.07 Å². The van der Waals surface area contributed by atoms with E-state index in [1.807, 2.05) is 13.0 Å². The summed E-state index contributed by atoms with van der Waals surface area (Å²) < 4.78 is 0. The lowest BCUT2D eigenvalue weighted by Gasteiger charge is -2.32. The first-order valence-corrected chi connectivity index (χ1v) is 12.8. The third-order valence-corrected chi connectivity index (χ3v) is 7.86. The van der Waals surface area contributed by atoms with E-state index in [1.54, 1.807) is 23.5 Å². The quantitative estimate of drug-likeness (QED) is 0.543. The number of thiophene rings is 1. The first kappa shape index (κ1) is 22.7. The third kappa shape index (κ3) is 3.84. The van der Waals surface area contributed by atoms with E-state index in [-0.39, 0.29) is 24.1 Å². The Balaban J connectivity index is 1.14. The van der Waals surface area contributed by atoms with Crippen molar-refractivity contribution in [1.29, 1.82) is 0 Å². The van der Waals surface area contributed by atoms with Gasteiger partial charge in [-0.25, -0.2) is 19.8 Å². The van der Waals surface area contributed by atoms with Crippen molar-refractivity contribution in [2.45, 2.75) is 38.6 Å². The van der Waals surface area contributed by atoms with Gasteiger partial charge in [0.05, 0.1) is 23.4 Å². The lowest BCUT2D eigenvalue weighted by molar-refractivity contribution is -0.122. The molecule has 36 heavy (non-hydrogen) atoms. The number of hydrogen-bond acceptors (Lipinski definition) is 8. The molecule has 2 fully saturated rings. The molecule has 11 heteroatoms. The van der Waals surface area contributed by atoms with Gasteiger partial charge in [-0.05, 0) is 62.0 Å². The van der Waals surface area contributed by atoms with Crippen molar-refractivity contribution in [2.75, 3.05) is 19.6 Å². The van der Waals surface area contributed by atoms with Gasteiger partial charge in [0.2, 0.25) is 5.91 Å². The summed E-state index contributed by atoms with van der Waals surface area (Å²) in [5.41, 5.74) is 2.63. The summed E-state index contributed by atoms with van der Waals surface area (Å²) in [5.74, 6) is -0.322. The van der Waals surface area contributed by atoms with Crippen LogP contribution in [0.4, 0.5) is 4.79 Å². The zero-order valence-corrected chi connectivity index (χ0v) is 20.5. The molecule has 0 unspecified atom stereocenters. The number of fused-ring (bicyclic) bond motifs is 2. The van der Waals surface area contributed by atoms with E-state index in [2.05, 4.69) is 26.6 Å². The highest BCUT2D eigenvalue weighted by molar-refractivity contribution is 7.16. The number of hydrazine groups is 1. The molecule has 3 aliphatic rings. The molecule has 0 bridgehead atoms. The molecular formula is C25H24N6O4S. The number of carbonyl (C=O) groups excluding carboxylic acids is 4. The number of aryl methyl sites for hydroxylation is 1. The van der Waals surface area contributed by atoms with Crippen molar-refractivity contribution in [3.05, 3.63) is 57.9 Å². The van der Waals surface area contributed by atoms with E-state index in [0.717, 1.165) is 63.2 Å². The number of piperidine rings is 1. The Morgan fingerprint density at radius 1 is 1.00 bits per heavy atom. The Kier molecular flexibility index (Phi) is 5.53. The SMILES string of the molecule is Cc1nc(C2CCN(Cc3ccc4c(c3)C(=O)N(N3CCC(=O)NC3=O)C4=O)CC2)c2ccsc2n1. The Labute approximate surface area is 210 Å². The summed E-state index contributed by atoms with van der Waals surface area (Å²) in [6.45, 7) is 4.39. The first-order chi connectivity index (χ1) is 17.4. The maximum atomic E-state index is 13.1. The van der Waals surface area contributed by atoms with Gasteiger partial charge in [-0.3, -0.25) is 24.6 Å². The maximum absolute atomic E-state index is 13.1. The van der Waals surface area contributed by atoms with E-state index in [9.17, 15) is 19.2 Å². The van der Waals surface area contributed by atoms with Crippen LogP contribution in [0.25, 0.3) is 10.2 Å². The standard InChI is InChI=1S/C25H24N6O4S/c1-14-26-21(18-7-11-36-22(18)27-14)16-4-8-29(9-5-16)13-15-2-3-17-19(12-15)24(34)31(23(17)33)30-10-6-20(32)28-25(30)35/h2-3,7,11-12,16H,4-6,8-10,13H2,1H3,(H,28,32,35). The van der Waals surface area contributed by atoms with Gasteiger partial charge in [-0.2, -0.15) is 5.01 Å². The molecule has 5 heterocycles. The summed E-state index contributed by atoms with van der Waals surface area (Å²) in [5, 5.41) is 7.23. The molecule has 2 saturated heterocycles. The number of imide groups is 2. The van der Waals surface area contributed by atoms with Gasteiger partial charge in [0.1, 0.15) is 10.7 Å². The first-order valence-electron chi connectivity index (χ1n) is 12.0. The van der Waals surface area contributed by atoms with E-state index in [4.69, 9.17) is 4.98 Å². The van der Waals surface area contributed by atoms with Crippen LogP contribution < -0.4 is 5.32 Å². The average Bonchev–Trinajstić information content (AvgIpc) is 3.42. The van der Waals surface area contributed by atoms with E-state index >= 15 is 0 Å². The number of nitrogens with zero attached hydrogens (tertiary/aromatic N) is 5. The molecule has 3 aliphatic heterocycles. The summed E-state index contributed by atoms with van der Waals surface area (Å²) in [6.07, 6.45) is 2.01. The Hall–Kier alpha value is -3.70. The topological polar surface area (TPSA) is 116 Å². The minimum atomic E-state index is -0.762. The molecule has 5 amide bonds. The lowest BCUT2D eigenvalue weighted by atomic mass is 9.91. The van der Waals surface area contributed by atoms with Gasteiger partial charge >= 0.3 is 6.03 Å². The highest BCUT2D eigenvalue weighted by Crippen LogP contribution is 2.34. The maximum Gasteiger partial charge on any atom is 0.343 e. The van der Waals surface area contributed by atoms with Crippen molar-refractivity contribution in [3.63, 3.8) is 0 Å². The Bertz CT molecular complexity index is 1430. The molecule has 1 aromatic carbocycles. The number of benzene rings is 1. The van der Waals surface area contributed by atoms with Gasteiger partial charge in [0.15, 0.2) is 0 Å². The molecule has 0 saturated carbocycles. The third-order valence-electron chi connectivity index (χ3n) is 7.05. The summed E-state index contributed by atoms with van der Waals surface area (Å²) in [4.78, 5) is 62.3. The van der Waals surface area contributed by atoms with Gasteiger partial charge in [0, 0.05) is 24.3 Å². The van der Waals surface area contributed by atoms with Crippen LogP contribution in [-0.2, 0) is 11.3 Å². The van der Waals surface area contributed by atoms with Crippen molar-refractivity contribution >= 4 is 45.3 Å². The molecule has 0 spiro atoms. The fraction of sp³-hybridized carbons (Fsp3) is 0.360. The highest BCUT2D eigenvalue weighted by Gasteiger charge is 2.43. The van der Waals surface area contributed by atoms with Crippen LogP contribution in [0.2, 0.25) is 0 Å². The smallest absolute Gasteiger partial charge is 0.299 e. The number of hydrogen-bond donors (Lipinski definition) is 1. The number of urea groups is 1. The summed E-state index contributed by atoms with van der Waals surface area (Å²) in [7, 11) is 0. The fourth-order valence-corrected chi connectivity index (χ4v) is 6.08. The van der Waals surface area contributed by atoms with Crippen LogP contribution in [0.3, 0.4) is 0 Å². The largest absolute Gasteiger partial charge is 0.343 e. The molecule has 10 nitrogen and oxygen atoms in total. The van der Waals surface area contributed by atoms with Crippen molar-refractivity contribution in [2.24, 2.45) is 0 Å². The fourth-order valence-electron chi connectivity index (χ4n) is 5.26. The van der Waals surface area contributed by atoms with Crippen molar-refractivity contribution in [3.8, 4) is 0 Å². The van der Waals surface area contributed by atoms with Crippen molar-refractivity contribution < 1.29 is 19.2 Å². The number of likely N-dealkylation sites (tertiary alicyclic amines) is 1. The number of carbonyl (C=O) groups is 4. The van der Waals surface area contributed by atoms with Gasteiger partial charge in [0.25, 0.3) is 11.8 Å². The lowest BCUT2D eigenvalue weighted by Crippen LogP contribution is -2.58. The molecule has 0 radical (unpaired) electrons. The zero-order chi connectivity index (χ0) is 25.0. The van der Waals surface area contributed by atoms with Crippen molar-refractivity contribution in [1.82, 2.24) is 30.2 Å². The molecule has 0 aliphatic carbocycles. The summed E-state index contributed by atoms with van der Waals surface area (Å²) >= 11 is 1.64. The minimum Gasteiger partial charge on any atom is -0.299 e. The van der Waals surface area contributed by atoms with Crippen LogP contribution in [0.15, 0.2) is 29.6 Å². The molecule has 184 valence electrons. The highest BCUT2D eigenvalue weighted by atomic mass is 32.1. The van der Waals surface area contributed by atoms with Crippen LogP contribution in [0.1, 0.15) is 63.0 Å². The predicted octanol–water partition coefficient (Wildman–Crippen LogP) is 2.83. The number of aromatic nitrogens is 2. The van der Waals surface area contributed by atoms with Crippen LogP contribution in [0.5, 0.6) is 0 Å². The van der Waals surface area contributed by atoms with E-state index in [1.165, 1.54) is 0 Å². The van der Waals surface area contributed by atoms with Crippen LogP contribution in [0, 0.1) is 6.92 Å². The Morgan fingerprint density at radius 3 is 2.56 bits per heavy atom. The zero-order valence-electron chi connectivity index (χ0n) is 19.7. The number of rotatable bonds is 4. The molecule has 6 rings (SSSR count). The normalized spacial score (nSPS) is 19.4. The molecule has 3 aromatic rings. The second kappa shape index (κ2) is 8.75.